The molecule has 1 fully saturated rings. The fourth-order valence-electron chi connectivity index (χ4n) is 2.13. The minimum atomic E-state index is -3.31. The van der Waals surface area contributed by atoms with Crippen molar-refractivity contribution in [1.29, 1.82) is 0 Å². The summed E-state index contributed by atoms with van der Waals surface area (Å²) >= 11 is 0. The summed E-state index contributed by atoms with van der Waals surface area (Å²) in [5.41, 5.74) is 0.890. The van der Waals surface area contributed by atoms with Crippen molar-refractivity contribution >= 4 is 10.0 Å². The number of aliphatic hydroxyl groups is 1. The minimum Gasteiger partial charge on any atom is -0.389 e. The van der Waals surface area contributed by atoms with Crippen molar-refractivity contribution in [2.45, 2.75) is 24.8 Å². The van der Waals surface area contributed by atoms with Gasteiger partial charge in [-0.3, -0.25) is 0 Å². The van der Waals surface area contributed by atoms with Crippen LogP contribution >= 0.6 is 0 Å². The van der Waals surface area contributed by atoms with Crippen molar-refractivity contribution in [3.63, 3.8) is 0 Å². The molecule has 0 radical (unpaired) electrons. The van der Waals surface area contributed by atoms with E-state index in [0.29, 0.717) is 13.2 Å². The van der Waals surface area contributed by atoms with E-state index in [1.54, 1.807) is 12.1 Å². The van der Waals surface area contributed by atoms with Gasteiger partial charge in [-0.15, -0.1) is 0 Å². The Morgan fingerprint density at radius 2 is 2.05 bits per heavy atom. The van der Waals surface area contributed by atoms with Gasteiger partial charge in [0.15, 0.2) is 0 Å². The maximum Gasteiger partial charge on any atom is 0.208 e. The van der Waals surface area contributed by atoms with Gasteiger partial charge in [0.1, 0.15) is 5.82 Å². The van der Waals surface area contributed by atoms with Gasteiger partial charge in [0.2, 0.25) is 10.0 Å². The number of hydrogen-bond donors (Lipinski definition) is 3. The zero-order valence-electron chi connectivity index (χ0n) is 11.6. The molecule has 2 rings (SSSR count). The molecule has 1 aromatic carbocycles. The molecule has 21 heavy (non-hydrogen) atoms. The summed E-state index contributed by atoms with van der Waals surface area (Å²) < 4.78 is 42.5. The Morgan fingerprint density at radius 3 is 2.67 bits per heavy atom. The summed E-state index contributed by atoms with van der Waals surface area (Å²) in [6, 6.07) is 5.77. The van der Waals surface area contributed by atoms with E-state index < -0.39 is 22.2 Å². The van der Waals surface area contributed by atoms with Crippen molar-refractivity contribution in [3.05, 3.63) is 35.6 Å². The van der Waals surface area contributed by atoms with Crippen LogP contribution in [0.4, 0.5) is 4.39 Å². The number of benzene rings is 1. The monoisotopic (exact) mass is 318 g/mol. The molecule has 3 atom stereocenters. The van der Waals surface area contributed by atoms with Crippen LogP contribution in [0.2, 0.25) is 0 Å². The molecule has 0 unspecified atom stereocenters. The average Bonchev–Trinajstić information content (AvgIpc) is 2.76. The molecule has 1 heterocycles. The summed E-state index contributed by atoms with van der Waals surface area (Å²) in [4.78, 5) is 0. The predicted octanol–water partition coefficient (Wildman–Crippen LogP) is -0.407. The highest BCUT2D eigenvalue weighted by molar-refractivity contribution is 7.88. The van der Waals surface area contributed by atoms with Crippen LogP contribution in [0, 0.1) is 5.82 Å². The summed E-state index contributed by atoms with van der Waals surface area (Å²) in [6.07, 6.45) is -0.330. The van der Waals surface area contributed by atoms with E-state index in [9.17, 15) is 17.9 Å². The first kappa shape index (κ1) is 16.3. The molecule has 0 saturated carbocycles. The molecule has 8 heteroatoms. The number of aliphatic hydroxyl groups excluding tert-OH is 1. The molecule has 0 bridgehead atoms. The fraction of sp³-hybridized carbons (Fsp3) is 0.538. The van der Waals surface area contributed by atoms with Crippen molar-refractivity contribution in [3.8, 4) is 0 Å². The van der Waals surface area contributed by atoms with Gasteiger partial charge < -0.3 is 15.2 Å². The van der Waals surface area contributed by atoms with Crippen LogP contribution in [0.15, 0.2) is 24.3 Å². The Morgan fingerprint density at radius 1 is 1.38 bits per heavy atom. The highest BCUT2D eigenvalue weighted by atomic mass is 32.2. The number of hydrogen-bond acceptors (Lipinski definition) is 5. The zero-order chi connectivity index (χ0) is 15.5. The van der Waals surface area contributed by atoms with Crippen LogP contribution in [-0.2, 0) is 21.3 Å². The third-order valence-corrected chi connectivity index (χ3v) is 4.00. The minimum absolute atomic E-state index is 0.0364. The Bertz CT molecular complexity index is 564. The van der Waals surface area contributed by atoms with Gasteiger partial charge in [0, 0.05) is 13.1 Å². The smallest absolute Gasteiger partial charge is 0.208 e. The molecule has 1 saturated heterocycles. The molecular weight excluding hydrogens is 299 g/mol. The molecule has 0 spiro atoms. The Balaban J connectivity index is 1.81. The van der Waals surface area contributed by atoms with Gasteiger partial charge in [-0.25, -0.2) is 17.5 Å². The van der Waals surface area contributed by atoms with E-state index >= 15 is 0 Å². The topological polar surface area (TPSA) is 87.7 Å². The van der Waals surface area contributed by atoms with Crippen LogP contribution in [0.25, 0.3) is 0 Å². The first-order chi connectivity index (χ1) is 9.85. The lowest BCUT2D eigenvalue weighted by Gasteiger charge is -2.18. The molecule has 118 valence electrons. The van der Waals surface area contributed by atoms with Crippen LogP contribution in [0.5, 0.6) is 0 Å². The standard InChI is InChI=1S/C13H19FN2O4S/c1-21(18,19)16-7-12-13(17)11(8-20-12)15-6-9-2-4-10(14)5-3-9/h2-5,11-13,15-17H,6-8H2,1H3/t11-,12-,13+/m1/s1. The molecule has 0 aromatic heterocycles. The van der Waals surface area contributed by atoms with E-state index in [4.69, 9.17) is 4.74 Å². The molecule has 1 aliphatic heterocycles. The number of nitrogens with one attached hydrogen (secondary N) is 2. The maximum absolute atomic E-state index is 12.8. The van der Waals surface area contributed by atoms with E-state index in [-0.39, 0.29) is 18.4 Å². The third kappa shape index (κ3) is 5.01. The number of halogens is 1. The summed E-state index contributed by atoms with van der Waals surface area (Å²) in [7, 11) is -3.31. The zero-order valence-corrected chi connectivity index (χ0v) is 12.4. The fourth-order valence-corrected chi connectivity index (χ4v) is 2.59. The lowest BCUT2D eigenvalue weighted by molar-refractivity contribution is 0.0444. The predicted molar refractivity (Wildman–Crippen MR) is 75.6 cm³/mol. The summed E-state index contributed by atoms with van der Waals surface area (Å²) in [5, 5.41) is 13.2. The summed E-state index contributed by atoms with van der Waals surface area (Å²) in [5.74, 6) is -0.296. The second kappa shape index (κ2) is 6.80. The number of ether oxygens (including phenoxy) is 1. The number of sulfonamides is 1. The summed E-state index contributed by atoms with van der Waals surface area (Å²) in [6.45, 7) is 0.796. The lowest BCUT2D eigenvalue weighted by atomic mass is 10.1. The van der Waals surface area contributed by atoms with Gasteiger partial charge >= 0.3 is 0 Å². The van der Waals surface area contributed by atoms with Gasteiger partial charge in [-0.2, -0.15) is 0 Å². The van der Waals surface area contributed by atoms with E-state index in [1.165, 1.54) is 12.1 Å². The largest absolute Gasteiger partial charge is 0.389 e. The Hall–Kier alpha value is -1.06. The molecule has 6 nitrogen and oxygen atoms in total. The molecule has 1 aliphatic rings. The SMILES string of the molecule is CS(=O)(=O)NC[C@H]1OC[C@@H](NCc2ccc(F)cc2)[C@@H]1O. The molecule has 3 N–H and O–H groups in total. The van der Waals surface area contributed by atoms with Gasteiger partial charge in [0.25, 0.3) is 0 Å². The normalized spacial score (nSPS) is 26.1. The van der Waals surface area contributed by atoms with Gasteiger partial charge in [-0.05, 0) is 17.7 Å². The average molecular weight is 318 g/mol. The maximum atomic E-state index is 12.8. The van der Waals surface area contributed by atoms with Crippen molar-refractivity contribution in [1.82, 2.24) is 10.0 Å². The lowest BCUT2D eigenvalue weighted by Crippen LogP contribution is -2.44. The second-order valence-electron chi connectivity index (χ2n) is 5.10. The van der Waals surface area contributed by atoms with Crippen molar-refractivity contribution in [2.75, 3.05) is 19.4 Å². The van der Waals surface area contributed by atoms with Gasteiger partial charge in [0.05, 0.1) is 31.1 Å². The molecule has 0 amide bonds. The van der Waals surface area contributed by atoms with E-state index in [0.717, 1.165) is 11.8 Å². The second-order valence-corrected chi connectivity index (χ2v) is 6.93. The first-order valence-corrected chi connectivity index (χ1v) is 8.46. The first-order valence-electron chi connectivity index (χ1n) is 6.57. The van der Waals surface area contributed by atoms with Gasteiger partial charge in [-0.1, -0.05) is 12.1 Å². The van der Waals surface area contributed by atoms with Crippen LogP contribution in [0.3, 0.4) is 0 Å². The highest BCUT2D eigenvalue weighted by Gasteiger charge is 2.35. The van der Waals surface area contributed by atoms with E-state index in [2.05, 4.69) is 10.0 Å². The van der Waals surface area contributed by atoms with E-state index in [1.807, 2.05) is 0 Å². The quantitative estimate of drug-likeness (QED) is 0.664. The van der Waals surface area contributed by atoms with Crippen LogP contribution in [0.1, 0.15) is 5.56 Å². The number of rotatable bonds is 6. The van der Waals surface area contributed by atoms with Crippen LogP contribution < -0.4 is 10.0 Å². The van der Waals surface area contributed by atoms with Crippen LogP contribution in [-0.4, -0.2) is 51.2 Å². The molecular formula is C13H19FN2O4S. The third-order valence-electron chi connectivity index (χ3n) is 3.31. The molecule has 0 aliphatic carbocycles. The van der Waals surface area contributed by atoms with Crippen molar-refractivity contribution in [2.24, 2.45) is 0 Å². The highest BCUT2D eigenvalue weighted by Crippen LogP contribution is 2.15. The Labute approximate surface area is 123 Å². The van der Waals surface area contributed by atoms with Crippen molar-refractivity contribution < 1.29 is 22.7 Å². The molecule has 1 aromatic rings. The Kier molecular flexibility index (Phi) is 5.28.